The van der Waals surface area contributed by atoms with E-state index in [1.807, 2.05) is 12.2 Å². The molecule has 1 saturated carbocycles. The third-order valence-corrected chi connectivity index (χ3v) is 10.2. The van der Waals surface area contributed by atoms with Crippen LogP contribution in [0, 0.1) is 11.8 Å². The van der Waals surface area contributed by atoms with Crippen molar-refractivity contribution in [2.75, 3.05) is 26.4 Å². The van der Waals surface area contributed by atoms with E-state index in [1.165, 1.54) is 19.3 Å². The lowest BCUT2D eigenvalue weighted by Crippen LogP contribution is -2.29. The van der Waals surface area contributed by atoms with Crippen LogP contribution in [-0.2, 0) is 37.5 Å². The van der Waals surface area contributed by atoms with E-state index in [1.54, 1.807) is 12.2 Å². The molecule has 0 radical (unpaired) electrons. The first-order valence-electron chi connectivity index (χ1n) is 20.9. The molecule has 0 bridgehead atoms. The average Bonchev–Trinajstić information content (AvgIpc) is 3.44. The third-order valence-electron chi connectivity index (χ3n) is 9.25. The van der Waals surface area contributed by atoms with Gasteiger partial charge in [-0.05, 0) is 70.6 Å². The van der Waals surface area contributed by atoms with E-state index in [2.05, 4.69) is 50.3 Å². The van der Waals surface area contributed by atoms with E-state index < -0.39 is 50.6 Å². The first kappa shape index (κ1) is 51.3. The van der Waals surface area contributed by atoms with Gasteiger partial charge in [-0.25, -0.2) is 4.57 Å². The van der Waals surface area contributed by atoms with E-state index in [0.29, 0.717) is 32.1 Å². The quantitative estimate of drug-likeness (QED) is 0.0211. The molecule has 1 aliphatic carbocycles. The number of Topliss-reactive ketones (excluding diaryl/α,β-unsaturated/α-hetero) is 1. The summed E-state index contributed by atoms with van der Waals surface area (Å²) >= 11 is 0. The molecule has 0 aromatic carbocycles. The molecule has 13 heteroatoms. The highest BCUT2D eigenvalue weighted by Gasteiger charge is 2.39. The fourth-order valence-electron chi connectivity index (χ4n) is 6.03. The second kappa shape index (κ2) is 33.3. The standard InChI is InChI=1S/C43H72NO11P/c1-3-5-7-8-9-10-11-12-13-14-15-16-17-18-24-28-43(49)55-37(35-54-56(50,51)53-32-31-44)34-52-42(48)27-23-20-19-22-26-38-39(41(47)33-40(38)46)30-29-36(45)25-21-6-4-2/h9-10,12-13,15-16,19,22,29-30,36-40,45-46H,3-8,11,14,17-18,20-21,23-28,31-35,44H2,1-2H3,(H,50,51)/b10-9-,13-12-,16-15-,22-19-,30-29+/t36-,37+,38+,39+,40-/m0/s1. The Bertz CT molecular complexity index is 1260. The summed E-state index contributed by atoms with van der Waals surface area (Å²) < 4.78 is 32.6. The summed E-state index contributed by atoms with van der Waals surface area (Å²) in [5.41, 5.74) is 5.33. The van der Waals surface area contributed by atoms with Crippen LogP contribution < -0.4 is 5.73 Å². The van der Waals surface area contributed by atoms with Crippen molar-refractivity contribution < 1.29 is 52.6 Å². The van der Waals surface area contributed by atoms with Crippen molar-refractivity contribution >= 4 is 25.5 Å². The van der Waals surface area contributed by atoms with Crippen molar-refractivity contribution in [3.8, 4) is 0 Å². The van der Waals surface area contributed by atoms with Crippen molar-refractivity contribution in [3.05, 3.63) is 60.8 Å². The molecule has 0 amide bonds. The number of unbranched alkanes of at least 4 members (excludes halogenated alkanes) is 8. The first-order chi connectivity index (χ1) is 27.0. The lowest BCUT2D eigenvalue weighted by Gasteiger charge is -2.19. The predicted molar refractivity (Wildman–Crippen MR) is 220 cm³/mol. The summed E-state index contributed by atoms with van der Waals surface area (Å²) in [5, 5.41) is 20.7. The van der Waals surface area contributed by atoms with Gasteiger partial charge < -0.3 is 30.3 Å². The highest BCUT2D eigenvalue weighted by molar-refractivity contribution is 7.47. The van der Waals surface area contributed by atoms with Gasteiger partial charge >= 0.3 is 19.8 Å². The Hall–Kier alpha value is -2.70. The maximum absolute atomic E-state index is 12.6. The van der Waals surface area contributed by atoms with Crippen LogP contribution in [0.15, 0.2) is 60.8 Å². The monoisotopic (exact) mass is 809 g/mol. The smallest absolute Gasteiger partial charge is 0.462 e. The van der Waals surface area contributed by atoms with Crippen LogP contribution in [-0.4, -0.2) is 77.5 Å². The number of carbonyl (C=O) groups excluding carboxylic acids is 3. The number of aliphatic hydroxyl groups is 2. The molecule has 1 aliphatic rings. The number of allylic oxidation sites excluding steroid dienone is 9. The summed E-state index contributed by atoms with van der Waals surface area (Å²) in [6.07, 6.45) is 32.0. The van der Waals surface area contributed by atoms with Crippen molar-refractivity contribution in [1.82, 2.24) is 0 Å². The molecule has 6 atom stereocenters. The molecular formula is C43H72NO11P. The van der Waals surface area contributed by atoms with Gasteiger partial charge in [0.1, 0.15) is 12.4 Å². The maximum Gasteiger partial charge on any atom is 0.472 e. The zero-order chi connectivity index (χ0) is 41.3. The maximum atomic E-state index is 12.6. The molecule has 0 spiro atoms. The molecule has 1 unspecified atom stereocenters. The summed E-state index contributed by atoms with van der Waals surface area (Å²) in [4.78, 5) is 47.4. The Morgan fingerprint density at radius 1 is 0.821 bits per heavy atom. The molecule has 1 fully saturated rings. The van der Waals surface area contributed by atoms with Crippen LogP contribution in [0.25, 0.3) is 0 Å². The summed E-state index contributed by atoms with van der Waals surface area (Å²) in [7, 11) is -4.45. The van der Waals surface area contributed by atoms with Gasteiger partial charge in [0.15, 0.2) is 6.10 Å². The molecule has 56 heavy (non-hydrogen) atoms. The molecule has 0 aromatic heterocycles. The zero-order valence-corrected chi connectivity index (χ0v) is 35.0. The minimum Gasteiger partial charge on any atom is -0.462 e. The highest BCUT2D eigenvalue weighted by atomic mass is 31.2. The number of hydrogen-bond acceptors (Lipinski definition) is 11. The molecule has 5 N–H and O–H groups in total. The lowest BCUT2D eigenvalue weighted by molar-refractivity contribution is -0.161. The summed E-state index contributed by atoms with van der Waals surface area (Å²) in [5.74, 6) is -1.83. The minimum atomic E-state index is -4.45. The molecule has 320 valence electrons. The van der Waals surface area contributed by atoms with Crippen molar-refractivity contribution in [1.29, 1.82) is 0 Å². The second-order valence-electron chi connectivity index (χ2n) is 14.3. The van der Waals surface area contributed by atoms with Crippen molar-refractivity contribution in [2.45, 2.75) is 154 Å². The fraction of sp³-hybridized carbons (Fsp3) is 0.698. The summed E-state index contributed by atoms with van der Waals surface area (Å²) in [6.45, 7) is 3.22. The van der Waals surface area contributed by atoms with E-state index in [4.69, 9.17) is 24.3 Å². The van der Waals surface area contributed by atoms with E-state index >= 15 is 0 Å². The molecule has 0 saturated heterocycles. The lowest BCUT2D eigenvalue weighted by atomic mass is 9.90. The van der Waals surface area contributed by atoms with Crippen LogP contribution in [0.5, 0.6) is 0 Å². The molecule has 1 rings (SSSR count). The van der Waals surface area contributed by atoms with Crippen LogP contribution in [0.2, 0.25) is 0 Å². The third kappa shape index (κ3) is 27.0. The molecular weight excluding hydrogens is 737 g/mol. The number of aliphatic hydroxyl groups excluding tert-OH is 2. The Balaban J connectivity index is 2.47. The first-order valence-corrected chi connectivity index (χ1v) is 22.4. The van der Waals surface area contributed by atoms with E-state index in [-0.39, 0.29) is 50.7 Å². The Labute approximate surface area is 336 Å². The normalized spacial score (nSPS) is 19.9. The number of rotatable bonds is 34. The SMILES string of the molecule is CCCCC/C=C\C/C=C\C/C=C\CCCCC(=O)O[C@H](COC(=O)CCC/C=C\C[C@H]1[C@@H](O)CC(=O)[C@@H]1/C=C/[C@@H](O)CCCCC)COP(=O)(O)OCCN. The number of ether oxygens (including phenoxy) is 2. The number of hydrogen-bond donors (Lipinski definition) is 4. The zero-order valence-electron chi connectivity index (χ0n) is 34.1. The Kier molecular flexibility index (Phi) is 30.5. The number of ketones is 1. The van der Waals surface area contributed by atoms with E-state index in [0.717, 1.165) is 51.4 Å². The number of phosphoric ester groups is 1. The number of esters is 2. The van der Waals surface area contributed by atoms with Crippen LogP contribution >= 0.6 is 7.82 Å². The highest BCUT2D eigenvalue weighted by Crippen LogP contribution is 2.43. The van der Waals surface area contributed by atoms with Crippen LogP contribution in [0.3, 0.4) is 0 Å². The molecule has 0 aromatic rings. The summed E-state index contributed by atoms with van der Waals surface area (Å²) in [6, 6.07) is 0. The van der Waals surface area contributed by atoms with Gasteiger partial charge in [-0.3, -0.25) is 23.4 Å². The molecule has 12 nitrogen and oxygen atoms in total. The van der Waals surface area contributed by atoms with Crippen LogP contribution in [0.4, 0.5) is 0 Å². The number of nitrogens with two attached hydrogens (primary N) is 1. The van der Waals surface area contributed by atoms with Crippen LogP contribution in [0.1, 0.15) is 136 Å². The number of carbonyl (C=O) groups is 3. The second-order valence-corrected chi connectivity index (χ2v) is 15.7. The van der Waals surface area contributed by atoms with Crippen molar-refractivity contribution in [3.63, 3.8) is 0 Å². The van der Waals surface area contributed by atoms with Gasteiger partial charge in [0.2, 0.25) is 0 Å². The Morgan fingerprint density at radius 2 is 1.43 bits per heavy atom. The molecule has 0 heterocycles. The molecule has 0 aliphatic heterocycles. The van der Waals surface area contributed by atoms with Crippen molar-refractivity contribution in [2.24, 2.45) is 17.6 Å². The van der Waals surface area contributed by atoms with Gasteiger partial charge in [-0.2, -0.15) is 0 Å². The van der Waals surface area contributed by atoms with E-state index in [9.17, 15) is 34.1 Å². The van der Waals surface area contributed by atoms with Gasteiger partial charge in [-0.1, -0.05) is 107 Å². The van der Waals surface area contributed by atoms with Gasteiger partial charge in [-0.15, -0.1) is 0 Å². The fourth-order valence-corrected chi connectivity index (χ4v) is 6.80. The van der Waals surface area contributed by atoms with Gasteiger partial charge in [0.05, 0.1) is 25.4 Å². The topological polar surface area (TPSA) is 192 Å². The van der Waals surface area contributed by atoms with Gasteiger partial charge in [0.25, 0.3) is 0 Å². The predicted octanol–water partition coefficient (Wildman–Crippen LogP) is 8.30. The average molecular weight is 810 g/mol. The Morgan fingerprint density at radius 3 is 2.11 bits per heavy atom. The largest absolute Gasteiger partial charge is 0.472 e. The van der Waals surface area contributed by atoms with Gasteiger partial charge in [0, 0.05) is 37.6 Å². The number of phosphoric acid groups is 1. The minimum absolute atomic E-state index is 0.00615.